The van der Waals surface area contributed by atoms with Gasteiger partial charge in [-0.1, -0.05) is 44.2 Å². The molecule has 2 rings (SSSR count). The van der Waals surface area contributed by atoms with Crippen molar-refractivity contribution < 1.29 is 18.9 Å². The number of anilines is 1. The highest BCUT2D eigenvalue weighted by Gasteiger charge is 2.22. The van der Waals surface area contributed by atoms with Gasteiger partial charge in [0, 0.05) is 22.2 Å². The molecule has 0 aliphatic heterocycles. The van der Waals surface area contributed by atoms with Crippen LogP contribution in [0.1, 0.15) is 47.8 Å². The summed E-state index contributed by atoms with van der Waals surface area (Å²) in [6.07, 6.45) is 1.59. The molecule has 144 valence electrons. The van der Waals surface area contributed by atoms with Crippen molar-refractivity contribution >= 4 is 28.4 Å². The minimum absolute atomic E-state index is 0.131. The minimum atomic E-state index is -1.46. The molecule has 0 heterocycles. The Morgan fingerprint density at radius 2 is 1.67 bits per heavy atom. The van der Waals surface area contributed by atoms with Crippen molar-refractivity contribution in [1.82, 2.24) is 0 Å². The average molecular weight is 388 g/mol. The number of para-hydroxylation sites is 1. The normalized spacial score (nSPS) is 13.0. The molecule has 0 aromatic heterocycles. The van der Waals surface area contributed by atoms with E-state index in [9.17, 15) is 13.8 Å². The highest BCUT2D eigenvalue weighted by molar-refractivity contribution is 7.85. The largest absolute Gasteiger partial charge is 0.478 e. The summed E-state index contributed by atoms with van der Waals surface area (Å²) >= 11 is 0. The number of amides is 1. The van der Waals surface area contributed by atoms with E-state index in [-0.39, 0.29) is 17.2 Å². The van der Waals surface area contributed by atoms with Crippen LogP contribution >= 0.6 is 0 Å². The molecule has 5 nitrogen and oxygen atoms in total. The van der Waals surface area contributed by atoms with E-state index in [1.165, 1.54) is 12.1 Å². The Kier molecular flexibility index (Phi) is 7.30. The van der Waals surface area contributed by atoms with E-state index in [2.05, 4.69) is 5.32 Å². The molecular weight excluding hydrogens is 362 g/mol. The lowest BCUT2D eigenvalue weighted by molar-refractivity contribution is -0.115. The molecule has 0 saturated heterocycles. The van der Waals surface area contributed by atoms with Crippen molar-refractivity contribution in [3.05, 3.63) is 64.7 Å². The van der Waals surface area contributed by atoms with E-state index in [1.54, 1.807) is 19.1 Å². The Hall–Kier alpha value is -2.47. The number of carbonyl (C=O) groups is 2. The third-order valence-electron chi connectivity index (χ3n) is 4.49. The molecule has 0 spiro atoms. The number of aromatic carboxylic acids is 1. The summed E-state index contributed by atoms with van der Waals surface area (Å²) in [5.74, 6) is -1.19. The molecule has 0 bridgehead atoms. The highest BCUT2D eigenvalue weighted by atomic mass is 32.2. The van der Waals surface area contributed by atoms with E-state index < -0.39 is 22.0 Å². The van der Waals surface area contributed by atoms with Gasteiger partial charge in [-0.15, -0.1) is 0 Å². The molecule has 0 aliphatic carbocycles. The number of hydrogen-bond acceptors (Lipinski definition) is 3. The number of carbonyl (C=O) groups excluding carboxylic acids is 1. The topological polar surface area (TPSA) is 83.5 Å². The first kappa shape index (κ1) is 20.8. The molecule has 0 fully saturated rings. The second-order valence-electron chi connectivity index (χ2n) is 6.32. The molecule has 2 aromatic rings. The molecule has 2 aromatic carbocycles. The lowest BCUT2D eigenvalue weighted by Gasteiger charge is -2.17. The summed E-state index contributed by atoms with van der Waals surface area (Å²) in [6, 6.07) is 12.2. The number of benzene rings is 2. The summed E-state index contributed by atoms with van der Waals surface area (Å²) in [6.45, 7) is 5.69. The molecule has 0 radical (unpaired) electrons. The molecule has 0 saturated carbocycles. The van der Waals surface area contributed by atoms with Gasteiger partial charge in [0.1, 0.15) is 5.25 Å². The summed E-state index contributed by atoms with van der Waals surface area (Å²) in [5.41, 5.74) is 3.69. The van der Waals surface area contributed by atoms with Gasteiger partial charge in [0.05, 0.1) is 5.56 Å². The standard InChI is InChI=1S/C21H25NO4S/c1-4-16-9-7-10-17(5-2)19(16)22-20(23)14(3)27(26)13-15-8-6-11-18(12-15)21(24)25/h6-12,14H,4-5,13H2,1-3H3,(H,22,23)(H,24,25). The fraction of sp³-hybridized carbons (Fsp3) is 0.333. The van der Waals surface area contributed by atoms with Crippen LogP contribution in [-0.2, 0) is 34.2 Å². The fourth-order valence-corrected chi connectivity index (χ4v) is 3.89. The molecule has 6 heteroatoms. The molecule has 1 amide bonds. The second kappa shape index (κ2) is 9.46. The molecule has 27 heavy (non-hydrogen) atoms. The quantitative estimate of drug-likeness (QED) is 0.722. The predicted octanol–water partition coefficient (Wildman–Crippen LogP) is 3.79. The average Bonchev–Trinajstić information content (AvgIpc) is 2.67. The molecular formula is C21H25NO4S. The fourth-order valence-electron chi connectivity index (χ4n) is 2.83. The number of carboxylic acid groups (broad SMARTS) is 1. The van der Waals surface area contributed by atoms with Crippen LogP contribution in [0.2, 0.25) is 0 Å². The van der Waals surface area contributed by atoms with E-state index in [1.807, 2.05) is 32.0 Å². The maximum atomic E-state index is 12.7. The number of carboxylic acids is 1. The van der Waals surface area contributed by atoms with Crippen molar-refractivity contribution in [2.45, 2.75) is 44.6 Å². The SMILES string of the molecule is CCc1cccc(CC)c1NC(=O)C(C)S(=O)Cc1cccc(C(=O)O)c1. The molecule has 2 N–H and O–H groups in total. The summed E-state index contributed by atoms with van der Waals surface area (Å²) < 4.78 is 12.6. The van der Waals surface area contributed by atoms with Crippen LogP contribution in [-0.4, -0.2) is 26.4 Å². The second-order valence-corrected chi connectivity index (χ2v) is 8.08. The zero-order valence-electron chi connectivity index (χ0n) is 15.8. The van der Waals surface area contributed by atoms with Gasteiger partial charge < -0.3 is 10.4 Å². The number of hydrogen-bond donors (Lipinski definition) is 2. The van der Waals surface area contributed by atoms with Gasteiger partial charge >= 0.3 is 5.97 Å². The van der Waals surface area contributed by atoms with Crippen LogP contribution in [0.25, 0.3) is 0 Å². The van der Waals surface area contributed by atoms with E-state index >= 15 is 0 Å². The van der Waals surface area contributed by atoms with Crippen LogP contribution in [0.3, 0.4) is 0 Å². The molecule has 2 unspecified atom stereocenters. The van der Waals surface area contributed by atoms with Crippen molar-refractivity contribution in [3.63, 3.8) is 0 Å². The maximum absolute atomic E-state index is 12.7. The van der Waals surface area contributed by atoms with Gasteiger partial charge in [0.2, 0.25) is 5.91 Å². The first-order chi connectivity index (χ1) is 12.9. The van der Waals surface area contributed by atoms with Crippen LogP contribution in [0.5, 0.6) is 0 Å². The monoisotopic (exact) mass is 387 g/mol. The van der Waals surface area contributed by atoms with Crippen molar-refractivity contribution in [2.75, 3.05) is 5.32 Å². The van der Waals surface area contributed by atoms with Gasteiger partial charge in [-0.2, -0.15) is 0 Å². The Morgan fingerprint density at radius 3 is 2.22 bits per heavy atom. The number of nitrogens with one attached hydrogen (secondary N) is 1. The summed E-state index contributed by atoms with van der Waals surface area (Å²) in [5, 5.41) is 11.3. The van der Waals surface area contributed by atoms with Gasteiger partial charge in [-0.25, -0.2) is 4.79 Å². The Labute approximate surface area is 162 Å². The van der Waals surface area contributed by atoms with Gasteiger partial charge in [0.15, 0.2) is 0 Å². The number of rotatable bonds is 8. The Morgan fingerprint density at radius 1 is 1.07 bits per heavy atom. The van der Waals surface area contributed by atoms with E-state index in [0.29, 0.717) is 5.56 Å². The van der Waals surface area contributed by atoms with Crippen LogP contribution < -0.4 is 5.32 Å². The zero-order valence-corrected chi connectivity index (χ0v) is 16.6. The van der Waals surface area contributed by atoms with Crippen molar-refractivity contribution in [2.24, 2.45) is 0 Å². The van der Waals surface area contributed by atoms with Crippen molar-refractivity contribution in [3.8, 4) is 0 Å². The van der Waals surface area contributed by atoms with Crippen LogP contribution in [0, 0.1) is 0 Å². The molecule has 0 aliphatic rings. The maximum Gasteiger partial charge on any atom is 0.335 e. The Bertz CT molecular complexity index is 841. The predicted molar refractivity (Wildman–Crippen MR) is 109 cm³/mol. The van der Waals surface area contributed by atoms with Gasteiger partial charge in [0.25, 0.3) is 0 Å². The van der Waals surface area contributed by atoms with Crippen LogP contribution in [0.4, 0.5) is 5.69 Å². The third-order valence-corrected chi connectivity index (χ3v) is 6.11. The summed E-state index contributed by atoms with van der Waals surface area (Å²) in [7, 11) is -1.46. The van der Waals surface area contributed by atoms with Crippen molar-refractivity contribution in [1.29, 1.82) is 0 Å². The highest BCUT2D eigenvalue weighted by Crippen LogP contribution is 2.23. The van der Waals surface area contributed by atoms with E-state index in [4.69, 9.17) is 5.11 Å². The minimum Gasteiger partial charge on any atom is -0.478 e. The first-order valence-corrected chi connectivity index (χ1v) is 10.4. The Balaban J connectivity index is 2.12. The lowest BCUT2D eigenvalue weighted by atomic mass is 10.0. The van der Waals surface area contributed by atoms with Gasteiger partial charge in [-0.3, -0.25) is 9.00 Å². The first-order valence-electron chi connectivity index (χ1n) is 8.98. The third kappa shape index (κ3) is 5.26. The number of aryl methyl sites for hydroxylation is 2. The van der Waals surface area contributed by atoms with E-state index in [0.717, 1.165) is 29.7 Å². The summed E-state index contributed by atoms with van der Waals surface area (Å²) in [4.78, 5) is 23.7. The smallest absolute Gasteiger partial charge is 0.335 e. The molecule has 2 atom stereocenters. The zero-order chi connectivity index (χ0) is 20.0. The van der Waals surface area contributed by atoms with Crippen LogP contribution in [0.15, 0.2) is 42.5 Å². The van der Waals surface area contributed by atoms with Gasteiger partial charge in [-0.05, 0) is 48.6 Å². The lowest BCUT2D eigenvalue weighted by Crippen LogP contribution is -2.30.